The van der Waals surface area contributed by atoms with Crippen LogP contribution in [0.3, 0.4) is 0 Å². The molecule has 21 heteroatoms. The third-order valence-electron chi connectivity index (χ3n) is 4.70. The van der Waals surface area contributed by atoms with E-state index < -0.39 is 48.7 Å². The molecule has 1 aliphatic heterocycles. The van der Waals surface area contributed by atoms with Gasteiger partial charge in [-0.05, 0) is 6.92 Å². The summed E-state index contributed by atoms with van der Waals surface area (Å²) in [5.41, 5.74) is 11.0. The number of nitrogens with zero attached hydrogens (tertiary/aromatic N) is 2. The smallest absolute Gasteiger partial charge is 0.369 e. The quantitative estimate of drug-likeness (QED) is 0.0463. The highest BCUT2D eigenvalue weighted by atomic mass is 33.1. The van der Waals surface area contributed by atoms with Gasteiger partial charge >= 0.3 is 15.6 Å². The average Bonchev–Trinajstić information content (AvgIpc) is 3.34. The number of phosphoric acid groups is 2. The van der Waals surface area contributed by atoms with Gasteiger partial charge in [0.1, 0.15) is 17.8 Å². The van der Waals surface area contributed by atoms with E-state index >= 15 is 0 Å². The molecule has 3 rings (SSSR count). The van der Waals surface area contributed by atoms with E-state index in [1.807, 2.05) is 0 Å². The van der Waals surface area contributed by atoms with Gasteiger partial charge in [0, 0.05) is 12.6 Å². The largest absolute Gasteiger partial charge is 0.486 e. The van der Waals surface area contributed by atoms with Crippen LogP contribution in [0.4, 0.5) is 5.95 Å². The Kier molecular flexibility index (Phi) is 10.7. The summed E-state index contributed by atoms with van der Waals surface area (Å²) in [4.78, 5) is 45.9. The zero-order chi connectivity index (χ0) is 27.4. The fraction of sp³-hybridized carbons (Fsp3) is 0.500. The molecule has 0 aliphatic carbocycles. The fourth-order valence-electron chi connectivity index (χ4n) is 3.41. The van der Waals surface area contributed by atoms with Crippen molar-refractivity contribution in [1.82, 2.24) is 14.5 Å². The van der Waals surface area contributed by atoms with Crippen LogP contribution >= 0.6 is 47.1 Å². The second-order valence-electron chi connectivity index (χ2n) is 7.34. The maximum Gasteiger partial charge on any atom is 0.486 e. The Morgan fingerprint density at radius 3 is 2.84 bits per heavy atom. The normalized spacial score (nSPS) is 22.8. The van der Waals surface area contributed by atoms with Crippen molar-refractivity contribution in [3.63, 3.8) is 0 Å². The molecular formula is C16H24N5O11P3S2. The molecular weight excluding hydrogens is 595 g/mol. The minimum Gasteiger partial charge on any atom is -0.369 e. The van der Waals surface area contributed by atoms with Gasteiger partial charge in [0.2, 0.25) is 5.95 Å². The van der Waals surface area contributed by atoms with Gasteiger partial charge in [0.15, 0.2) is 14.7 Å². The van der Waals surface area contributed by atoms with Crippen LogP contribution in [0.1, 0.15) is 25.1 Å². The molecule has 206 valence electrons. The highest BCUT2D eigenvalue weighted by molar-refractivity contribution is 8.68. The van der Waals surface area contributed by atoms with Crippen molar-refractivity contribution in [1.29, 1.82) is 0 Å². The summed E-state index contributed by atoms with van der Waals surface area (Å²) in [5, 5.41) is 0.203. The van der Waals surface area contributed by atoms with Crippen LogP contribution in [0.2, 0.25) is 0 Å². The Labute approximate surface area is 220 Å². The third kappa shape index (κ3) is 8.50. The molecule has 0 radical (unpaired) electrons. The Morgan fingerprint density at radius 2 is 2.19 bits per heavy atom. The van der Waals surface area contributed by atoms with E-state index in [1.54, 1.807) is 17.7 Å². The van der Waals surface area contributed by atoms with Crippen molar-refractivity contribution < 1.29 is 46.4 Å². The lowest BCUT2D eigenvalue weighted by Crippen LogP contribution is -2.30. The van der Waals surface area contributed by atoms with Crippen molar-refractivity contribution in [2.75, 3.05) is 18.9 Å². The van der Waals surface area contributed by atoms with Crippen LogP contribution in [-0.4, -0.2) is 60.0 Å². The zero-order valence-electron chi connectivity index (χ0n) is 18.9. The zero-order valence-corrected chi connectivity index (χ0v) is 23.4. The molecule has 16 nitrogen and oxygen atoms in total. The predicted molar refractivity (Wildman–Crippen MR) is 138 cm³/mol. The molecule has 0 spiro atoms. The fourth-order valence-corrected chi connectivity index (χ4v) is 6.08. The first-order chi connectivity index (χ1) is 17.3. The molecule has 0 bridgehead atoms. The number of anilines is 1. The molecule has 0 saturated carbocycles. The highest BCUT2D eigenvalue weighted by Gasteiger charge is 2.40. The lowest BCUT2D eigenvalue weighted by atomic mass is 10.2. The summed E-state index contributed by atoms with van der Waals surface area (Å²) in [7, 11) is -10.3. The van der Waals surface area contributed by atoms with Gasteiger partial charge in [-0.1, -0.05) is 22.6 Å². The number of nitrogen functional groups attached to an aromatic ring is 1. The number of hydrogen-bond donors (Lipinski definition) is 7. The van der Waals surface area contributed by atoms with E-state index in [1.165, 1.54) is 0 Å². The number of nitrogens with one attached hydrogen (secondary N) is 1. The van der Waals surface area contributed by atoms with Crippen molar-refractivity contribution in [3.8, 4) is 11.8 Å². The van der Waals surface area contributed by atoms with Gasteiger partial charge < -0.3 is 44.7 Å². The number of ether oxygens (including phenoxy) is 2. The number of aromatic nitrogens is 3. The van der Waals surface area contributed by atoms with Crippen LogP contribution < -0.4 is 17.0 Å². The number of nitrogens with two attached hydrogens (primary N) is 2. The van der Waals surface area contributed by atoms with Gasteiger partial charge in [0.05, 0.1) is 30.2 Å². The van der Waals surface area contributed by atoms with Gasteiger partial charge in [-0.3, -0.25) is 9.78 Å². The molecule has 2 aromatic heterocycles. The van der Waals surface area contributed by atoms with Crippen molar-refractivity contribution in [3.05, 3.63) is 22.1 Å². The van der Waals surface area contributed by atoms with E-state index in [9.17, 15) is 18.8 Å². The van der Waals surface area contributed by atoms with Crippen molar-refractivity contribution in [2.45, 2.75) is 37.2 Å². The first kappa shape index (κ1) is 30.6. The van der Waals surface area contributed by atoms with E-state index in [2.05, 4.69) is 42.1 Å². The third-order valence-corrected chi connectivity index (χ3v) is 9.18. The molecule has 37 heavy (non-hydrogen) atoms. The number of hydrogen-bond acceptors (Lipinski definition) is 13. The SMILES string of the molecule is C[C@H](OC1CC(n2cc(C#CCN)c3c(=O)[nH]c(N)nc32)OC1COPOP(=O)(O)OP(=O)(O)O)SS. The Morgan fingerprint density at radius 1 is 1.46 bits per heavy atom. The van der Waals surface area contributed by atoms with E-state index in [4.69, 9.17) is 35.3 Å². The number of fused-ring (bicyclic) bond motifs is 1. The second kappa shape index (κ2) is 12.9. The summed E-state index contributed by atoms with van der Waals surface area (Å²) in [5.74, 6) is 5.42. The monoisotopic (exact) mass is 619 g/mol. The van der Waals surface area contributed by atoms with Crippen LogP contribution in [0, 0.1) is 11.8 Å². The summed E-state index contributed by atoms with van der Waals surface area (Å²) in [6.45, 7) is 1.64. The molecule has 2 aromatic rings. The van der Waals surface area contributed by atoms with E-state index in [0.29, 0.717) is 5.56 Å². The Hall–Kier alpha value is -0.990. The molecule has 1 saturated heterocycles. The predicted octanol–water partition coefficient (Wildman–Crippen LogP) is 0.965. The van der Waals surface area contributed by atoms with Crippen LogP contribution in [0.5, 0.6) is 0 Å². The molecule has 1 aliphatic rings. The summed E-state index contributed by atoms with van der Waals surface area (Å²) in [6.07, 6.45) is -0.139. The van der Waals surface area contributed by atoms with Gasteiger partial charge in [-0.25, -0.2) is 13.4 Å². The summed E-state index contributed by atoms with van der Waals surface area (Å²) in [6, 6.07) is 0. The van der Waals surface area contributed by atoms with Gasteiger partial charge in [-0.2, -0.15) is 9.29 Å². The maximum absolute atomic E-state index is 12.6. The topological polar surface area (TPSA) is 244 Å². The van der Waals surface area contributed by atoms with Crippen molar-refractivity contribution >= 4 is 64.1 Å². The number of H-pyrrole nitrogens is 1. The molecule has 0 aromatic carbocycles. The Bertz CT molecular complexity index is 1330. The minimum absolute atomic E-state index is 0.0737. The maximum atomic E-state index is 12.6. The lowest BCUT2D eigenvalue weighted by molar-refractivity contribution is -0.0573. The minimum atomic E-state index is -5.26. The molecule has 3 heterocycles. The first-order valence-corrected chi connectivity index (χ1v) is 16.0. The van der Waals surface area contributed by atoms with Gasteiger partial charge in [-0.15, -0.1) is 11.7 Å². The number of rotatable bonds is 11. The number of thiol groups is 1. The average molecular weight is 619 g/mol. The Balaban J connectivity index is 1.80. The number of aromatic amines is 1. The lowest BCUT2D eigenvalue weighted by Gasteiger charge is -2.21. The van der Waals surface area contributed by atoms with Gasteiger partial charge in [0.25, 0.3) is 5.56 Å². The van der Waals surface area contributed by atoms with Crippen molar-refractivity contribution in [2.24, 2.45) is 5.73 Å². The molecule has 6 atom stereocenters. The van der Waals surface area contributed by atoms with Crippen LogP contribution in [0.25, 0.3) is 11.0 Å². The van der Waals surface area contributed by atoms with E-state index in [-0.39, 0.29) is 42.0 Å². The van der Waals surface area contributed by atoms with E-state index in [0.717, 1.165) is 10.8 Å². The molecule has 5 unspecified atom stereocenters. The van der Waals surface area contributed by atoms with Crippen LogP contribution in [-0.2, 0) is 31.7 Å². The standard InChI is InChI=1S/C16H24N5O11P3S2/c1-8(37-36)29-10-5-12(30-11(10)7-28-33-31-35(26,27)32-34(23,24)25)21-6-9(3-2-4-17)13-14(21)19-16(18)20-15(13)22/h6,8,10-12,33,36H,4-5,7,17H2,1H3,(H,26,27)(H2,23,24,25)(H3,18,19,20,22)/t8-,10?,11?,12?/m1/s1. The van der Waals surface area contributed by atoms with Crippen LogP contribution in [0.15, 0.2) is 11.0 Å². The molecule has 1 fully saturated rings. The summed E-state index contributed by atoms with van der Waals surface area (Å²) < 4.78 is 49.4. The first-order valence-electron chi connectivity index (χ1n) is 10.2. The molecule has 8 N–H and O–H groups in total. The molecule has 0 amide bonds. The summed E-state index contributed by atoms with van der Waals surface area (Å²) >= 11 is 4.14. The highest BCUT2D eigenvalue weighted by Crippen LogP contribution is 2.60. The second-order valence-corrected chi connectivity index (χ2v) is 12.6.